The van der Waals surface area contributed by atoms with Gasteiger partial charge in [0.05, 0.1) is 6.54 Å². The number of nitrogens with one attached hydrogen (secondary N) is 1. The molecule has 1 heterocycles. The molecule has 1 aliphatic heterocycles. The Morgan fingerprint density at radius 2 is 2.00 bits per heavy atom. The lowest BCUT2D eigenvalue weighted by atomic mass is 9.96. The summed E-state index contributed by atoms with van der Waals surface area (Å²) in [6.45, 7) is 3.98. The third kappa shape index (κ3) is 4.75. The standard InChI is InChI=1S/C18H28N4.HI/c1-14-13-15-7-5-6-10-17(15)22(14)12-11-20-18(19)21-16-8-3-2-4-9-16;/h5-7,10,14,16H,2-4,8-9,11-13H2,1H3,(H3,19,20,21);1H. The zero-order valence-electron chi connectivity index (χ0n) is 14.0. The molecule has 1 aliphatic carbocycles. The molecule has 23 heavy (non-hydrogen) atoms. The number of halogens is 1. The summed E-state index contributed by atoms with van der Waals surface area (Å²) in [6.07, 6.45) is 7.58. The van der Waals surface area contributed by atoms with E-state index in [4.69, 9.17) is 5.73 Å². The largest absolute Gasteiger partial charge is 0.370 e. The zero-order chi connectivity index (χ0) is 15.4. The topological polar surface area (TPSA) is 53.6 Å². The Labute approximate surface area is 156 Å². The minimum atomic E-state index is 0. The lowest BCUT2D eigenvalue weighted by Gasteiger charge is -2.25. The lowest BCUT2D eigenvalue weighted by molar-refractivity contribution is 0.412. The molecule has 3 N–H and O–H groups in total. The highest BCUT2D eigenvalue weighted by atomic mass is 127. The molecule has 0 aromatic heterocycles. The number of nitrogens with zero attached hydrogens (tertiary/aromatic N) is 2. The van der Waals surface area contributed by atoms with Gasteiger partial charge < -0.3 is 16.0 Å². The van der Waals surface area contributed by atoms with Crippen LogP contribution in [0.15, 0.2) is 29.3 Å². The van der Waals surface area contributed by atoms with Gasteiger partial charge in [0.1, 0.15) is 0 Å². The summed E-state index contributed by atoms with van der Waals surface area (Å²) < 4.78 is 0. The molecular weight excluding hydrogens is 399 g/mol. The van der Waals surface area contributed by atoms with Gasteiger partial charge in [-0.2, -0.15) is 0 Å². The monoisotopic (exact) mass is 428 g/mol. The van der Waals surface area contributed by atoms with Gasteiger partial charge >= 0.3 is 0 Å². The van der Waals surface area contributed by atoms with Gasteiger partial charge in [-0.3, -0.25) is 4.99 Å². The van der Waals surface area contributed by atoms with Crippen LogP contribution in [0.2, 0.25) is 0 Å². The molecule has 128 valence electrons. The highest BCUT2D eigenvalue weighted by Crippen LogP contribution is 2.31. The van der Waals surface area contributed by atoms with E-state index < -0.39 is 0 Å². The first-order chi connectivity index (χ1) is 10.7. The fourth-order valence-corrected chi connectivity index (χ4v) is 3.75. The predicted molar refractivity (Wildman–Crippen MR) is 109 cm³/mol. The Kier molecular flexibility index (Phi) is 6.99. The minimum absolute atomic E-state index is 0. The fourth-order valence-electron chi connectivity index (χ4n) is 3.75. The third-order valence-corrected chi connectivity index (χ3v) is 4.93. The van der Waals surface area contributed by atoms with Crippen LogP contribution in [-0.2, 0) is 6.42 Å². The Hall–Kier alpha value is -0.980. The number of rotatable bonds is 4. The van der Waals surface area contributed by atoms with Gasteiger partial charge in [0.2, 0.25) is 0 Å². The number of guanidine groups is 1. The molecule has 1 aromatic carbocycles. The second-order valence-electron chi connectivity index (χ2n) is 6.62. The second kappa shape index (κ2) is 8.76. The van der Waals surface area contributed by atoms with E-state index in [0.29, 0.717) is 18.0 Å². The molecule has 0 saturated heterocycles. The van der Waals surface area contributed by atoms with Crippen LogP contribution in [0, 0.1) is 0 Å². The predicted octanol–water partition coefficient (Wildman–Crippen LogP) is 3.29. The van der Waals surface area contributed by atoms with Gasteiger partial charge in [-0.15, -0.1) is 24.0 Å². The maximum atomic E-state index is 6.04. The summed E-state index contributed by atoms with van der Waals surface area (Å²) in [6, 6.07) is 9.77. The summed E-state index contributed by atoms with van der Waals surface area (Å²) in [4.78, 5) is 6.98. The van der Waals surface area contributed by atoms with Crippen molar-refractivity contribution in [2.45, 2.75) is 57.5 Å². The average Bonchev–Trinajstić information content (AvgIpc) is 2.84. The Morgan fingerprint density at radius 1 is 1.26 bits per heavy atom. The van der Waals surface area contributed by atoms with Crippen molar-refractivity contribution in [1.29, 1.82) is 0 Å². The zero-order valence-corrected chi connectivity index (χ0v) is 16.3. The van der Waals surface area contributed by atoms with Crippen LogP contribution in [0.25, 0.3) is 0 Å². The molecule has 0 radical (unpaired) electrons. The summed E-state index contributed by atoms with van der Waals surface area (Å²) in [5.41, 5.74) is 8.85. The van der Waals surface area contributed by atoms with E-state index in [1.807, 2.05) is 0 Å². The normalized spacial score (nSPS) is 21.7. The minimum Gasteiger partial charge on any atom is -0.370 e. The van der Waals surface area contributed by atoms with Crippen molar-refractivity contribution < 1.29 is 0 Å². The van der Waals surface area contributed by atoms with Gasteiger partial charge in [-0.1, -0.05) is 37.5 Å². The van der Waals surface area contributed by atoms with Gasteiger partial charge in [0.25, 0.3) is 0 Å². The van der Waals surface area contributed by atoms with Crippen LogP contribution in [-0.4, -0.2) is 31.1 Å². The van der Waals surface area contributed by atoms with Crippen LogP contribution >= 0.6 is 24.0 Å². The molecule has 1 atom stereocenters. The summed E-state index contributed by atoms with van der Waals surface area (Å²) >= 11 is 0. The number of para-hydroxylation sites is 1. The SMILES string of the molecule is CC1Cc2ccccc2N1CCN=C(N)NC1CCCCC1.I. The highest BCUT2D eigenvalue weighted by molar-refractivity contribution is 14.0. The number of fused-ring (bicyclic) bond motifs is 1. The van der Waals surface area contributed by atoms with Gasteiger partial charge in [0, 0.05) is 24.3 Å². The Balaban J connectivity index is 0.00000192. The van der Waals surface area contributed by atoms with E-state index in [-0.39, 0.29) is 24.0 Å². The quantitative estimate of drug-likeness (QED) is 0.440. The maximum absolute atomic E-state index is 6.04. The molecule has 1 aromatic rings. The van der Waals surface area contributed by atoms with Gasteiger partial charge in [-0.05, 0) is 37.8 Å². The maximum Gasteiger partial charge on any atom is 0.188 e. The van der Waals surface area contributed by atoms with Crippen LogP contribution in [0.4, 0.5) is 5.69 Å². The van der Waals surface area contributed by atoms with E-state index in [1.54, 1.807) is 0 Å². The van der Waals surface area contributed by atoms with Crippen molar-refractivity contribution in [2.24, 2.45) is 10.7 Å². The molecule has 1 fully saturated rings. The number of benzene rings is 1. The van der Waals surface area contributed by atoms with E-state index in [9.17, 15) is 0 Å². The van der Waals surface area contributed by atoms with E-state index in [1.165, 1.54) is 43.4 Å². The molecular formula is C18H29IN4. The highest BCUT2D eigenvalue weighted by Gasteiger charge is 2.24. The van der Waals surface area contributed by atoms with Crippen molar-refractivity contribution >= 4 is 35.6 Å². The van der Waals surface area contributed by atoms with Gasteiger partial charge in [-0.25, -0.2) is 0 Å². The van der Waals surface area contributed by atoms with Crippen LogP contribution in [0.1, 0.15) is 44.6 Å². The molecule has 1 unspecified atom stereocenters. The number of aliphatic imine (C=N–C) groups is 1. The first kappa shape index (κ1) is 18.4. The molecule has 2 aliphatic rings. The fraction of sp³-hybridized carbons (Fsp3) is 0.611. The van der Waals surface area contributed by atoms with Gasteiger partial charge in [0.15, 0.2) is 5.96 Å². The molecule has 3 rings (SSSR count). The second-order valence-corrected chi connectivity index (χ2v) is 6.62. The van der Waals surface area contributed by atoms with E-state index in [2.05, 4.69) is 46.4 Å². The van der Waals surface area contributed by atoms with Crippen molar-refractivity contribution in [1.82, 2.24) is 5.32 Å². The molecule has 4 nitrogen and oxygen atoms in total. The summed E-state index contributed by atoms with van der Waals surface area (Å²) in [7, 11) is 0. The number of nitrogens with two attached hydrogens (primary N) is 1. The smallest absolute Gasteiger partial charge is 0.188 e. The third-order valence-electron chi connectivity index (χ3n) is 4.93. The molecule has 0 bridgehead atoms. The number of anilines is 1. The molecule has 0 amide bonds. The van der Waals surface area contributed by atoms with Crippen molar-refractivity contribution in [3.63, 3.8) is 0 Å². The van der Waals surface area contributed by atoms with Crippen LogP contribution in [0.3, 0.4) is 0 Å². The molecule has 1 saturated carbocycles. The molecule has 5 heteroatoms. The van der Waals surface area contributed by atoms with Crippen LogP contribution < -0.4 is 16.0 Å². The lowest BCUT2D eigenvalue weighted by Crippen LogP contribution is -2.41. The van der Waals surface area contributed by atoms with Crippen molar-refractivity contribution in [2.75, 3.05) is 18.0 Å². The Bertz CT molecular complexity index is 526. The first-order valence-electron chi connectivity index (χ1n) is 8.65. The number of hydrogen-bond acceptors (Lipinski definition) is 2. The first-order valence-corrected chi connectivity index (χ1v) is 8.65. The number of hydrogen-bond donors (Lipinski definition) is 2. The summed E-state index contributed by atoms with van der Waals surface area (Å²) in [5.74, 6) is 0.618. The van der Waals surface area contributed by atoms with E-state index >= 15 is 0 Å². The summed E-state index contributed by atoms with van der Waals surface area (Å²) in [5, 5.41) is 3.38. The average molecular weight is 428 g/mol. The molecule has 0 spiro atoms. The van der Waals surface area contributed by atoms with E-state index in [0.717, 1.165) is 19.5 Å². The Morgan fingerprint density at radius 3 is 2.78 bits per heavy atom. The van der Waals surface area contributed by atoms with Crippen molar-refractivity contribution in [3.8, 4) is 0 Å². The van der Waals surface area contributed by atoms with Crippen molar-refractivity contribution in [3.05, 3.63) is 29.8 Å². The van der Waals surface area contributed by atoms with Crippen LogP contribution in [0.5, 0.6) is 0 Å².